The summed E-state index contributed by atoms with van der Waals surface area (Å²) in [7, 11) is 0. The second kappa shape index (κ2) is 5.71. The van der Waals surface area contributed by atoms with E-state index in [1.54, 1.807) is 18.3 Å². The van der Waals surface area contributed by atoms with Crippen LogP contribution in [-0.2, 0) is 6.54 Å². The van der Waals surface area contributed by atoms with E-state index in [4.69, 9.17) is 0 Å². The van der Waals surface area contributed by atoms with E-state index < -0.39 is 0 Å². The predicted molar refractivity (Wildman–Crippen MR) is 74.0 cm³/mol. The van der Waals surface area contributed by atoms with Crippen molar-refractivity contribution in [3.8, 4) is 11.5 Å². The van der Waals surface area contributed by atoms with Crippen LogP contribution in [0.25, 0.3) is 0 Å². The number of nitrogens with one attached hydrogen (secondary N) is 1. The van der Waals surface area contributed by atoms with Gasteiger partial charge in [0, 0.05) is 31.0 Å². The summed E-state index contributed by atoms with van der Waals surface area (Å²) in [6, 6.07) is 6.61. The van der Waals surface area contributed by atoms with E-state index in [1.165, 1.54) is 11.6 Å². The Morgan fingerprint density at radius 3 is 2.53 bits per heavy atom. The van der Waals surface area contributed by atoms with Gasteiger partial charge in [-0.25, -0.2) is 0 Å². The van der Waals surface area contributed by atoms with Gasteiger partial charge in [0.05, 0.1) is 0 Å². The SMILES string of the molecule is Cc1ccncc1CNC(C)c1cc(O)cc(O)c1. The zero-order valence-corrected chi connectivity index (χ0v) is 11.1. The molecule has 1 aromatic carbocycles. The van der Waals surface area contributed by atoms with E-state index in [2.05, 4.69) is 10.3 Å². The van der Waals surface area contributed by atoms with Gasteiger partial charge in [0.25, 0.3) is 0 Å². The Kier molecular flexibility index (Phi) is 4.02. The number of aryl methyl sites for hydroxylation is 1. The van der Waals surface area contributed by atoms with Crippen LogP contribution in [0.3, 0.4) is 0 Å². The molecule has 0 saturated carbocycles. The van der Waals surface area contributed by atoms with E-state index >= 15 is 0 Å². The standard InChI is InChI=1S/C15H18N2O2/c1-10-3-4-16-8-13(10)9-17-11(2)12-5-14(18)7-15(19)6-12/h3-8,11,17-19H,9H2,1-2H3. The maximum atomic E-state index is 9.47. The minimum atomic E-state index is 0.0256. The molecular formula is C15H18N2O2. The molecule has 1 atom stereocenters. The highest BCUT2D eigenvalue weighted by Crippen LogP contribution is 2.24. The number of nitrogens with zero attached hydrogens (tertiary/aromatic N) is 1. The lowest BCUT2D eigenvalue weighted by Crippen LogP contribution is -2.18. The highest BCUT2D eigenvalue weighted by atomic mass is 16.3. The molecule has 1 unspecified atom stereocenters. The normalized spacial score (nSPS) is 12.3. The summed E-state index contributed by atoms with van der Waals surface area (Å²) in [6.07, 6.45) is 3.62. The molecule has 2 aromatic rings. The van der Waals surface area contributed by atoms with Gasteiger partial charge in [0.15, 0.2) is 0 Å². The quantitative estimate of drug-likeness (QED) is 0.788. The summed E-state index contributed by atoms with van der Waals surface area (Å²) in [6.45, 7) is 4.72. The lowest BCUT2D eigenvalue weighted by Gasteiger charge is -2.15. The molecule has 4 nitrogen and oxygen atoms in total. The molecule has 0 bridgehead atoms. The lowest BCUT2D eigenvalue weighted by molar-refractivity contribution is 0.446. The van der Waals surface area contributed by atoms with Gasteiger partial charge in [-0.1, -0.05) is 0 Å². The number of aromatic hydroxyl groups is 2. The molecule has 0 spiro atoms. The Morgan fingerprint density at radius 2 is 1.89 bits per heavy atom. The van der Waals surface area contributed by atoms with Crippen molar-refractivity contribution in [2.24, 2.45) is 0 Å². The molecule has 100 valence electrons. The molecule has 2 rings (SSSR count). The smallest absolute Gasteiger partial charge is 0.119 e. The molecule has 0 aliphatic rings. The molecule has 0 radical (unpaired) electrons. The molecule has 0 aliphatic carbocycles. The summed E-state index contributed by atoms with van der Waals surface area (Å²) in [5.74, 6) is 0.141. The van der Waals surface area contributed by atoms with Crippen LogP contribution in [0.1, 0.15) is 29.7 Å². The topological polar surface area (TPSA) is 65.4 Å². The van der Waals surface area contributed by atoms with Gasteiger partial charge in [-0.15, -0.1) is 0 Å². The van der Waals surface area contributed by atoms with E-state index in [9.17, 15) is 10.2 Å². The van der Waals surface area contributed by atoms with Crippen LogP contribution < -0.4 is 5.32 Å². The highest BCUT2D eigenvalue weighted by molar-refractivity contribution is 5.38. The van der Waals surface area contributed by atoms with Gasteiger partial charge >= 0.3 is 0 Å². The van der Waals surface area contributed by atoms with Crippen LogP contribution >= 0.6 is 0 Å². The molecule has 0 saturated heterocycles. The van der Waals surface area contributed by atoms with Crippen molar-refractivity contribution in [2.75, 3.05) is 0 Å². The summed E-state index contributed by atoms with van der Waals surface area (Å²) in [5.41, 5.74) is 3.17. The summed E-state index contributed by atoms with van der Waals surface area (Å²) < 4.78 is 0. The molecule has 3 N–H and O–H groups in total. The number of aromatic nitrogens is 1. The molecular weight excluding hydrogens is 240 g/mol. The molecule has 0 amide bonds. The van der Waals surface area contributed by atoms with Crippen molar-refractivity contribution in [1.29, 1.82) is 0 Å². The van der Waals surface area contributed by atoms with Crippen molar-refractivity contribution in [2.45, 2.75) is 26.4 Å². The van der Waals surface area contributed by atoms with Crippen molar-refractivity contribution < 1.29 is 10.2 Å². The Morgan fingerprint density at radius 1 is 1.21 bits per heavy atom. The first-order chi connectivity index (χ1) is 9.06. The first-order valence-corrected chi connectivity index (χ1v) is 6.22. The fraction of sp³-hybridized carbons (Fsp3) is 0.267. The summed E-state index contributed by atoms with van der Waals surface area (Å²) in [5, 5.41) is 22.3. The zero-order valence-electron chi connectivity index (χ0n) is 11.1. The van der Waals surface area contributed by atoms with Crippen LogP contribution in [0.4, 0.5) is 0 Å². The van der Waals surface area contributed by atoms with Gasteiger partial charge < -0.3 is 15.5 Å². The van der Waals surface area contributed by atoms with E-state index in [0.717, 1.165) is 11.1 Å². The molecule has 0 fully saturated rings. The fourth-order valence-electron chi connectivity index (χ4n) is 1.93. The maximum Gasteiger partial charge on any atom is 0.119 e. The lowest BCUT2D eigenvalue weighted by atomic mass is 10.1. The minimum Gasteiger partial charge on any atom is -0.508 e. The third-order valence-corrected chi connectivity index (χ3v) is 3.17. The van der Waals surface area contributed by atoms with Crippen LogP contribution in [0.2, 0.25) is 0 Å². The Balaban J connectivity index is 2.05. The molecule has 0 aliphatic heterocycles. The third-order valence-electron chi connectivity index (χ3n) is 3.17. The molecule has 1 aromatic heterocycles. The summed E-state index contributed by atoms with van der Waals surface area (Å²) in [4.78, 5) is 4.10. The molecule has 4 heteroatoms. The second-order valence-corrected chi connectivity index (χ2v) is 4.69. The number of rotatable bonds is 4. The van der Waals surface area contributed by atoms with Crippen molar-refractivity contribution >= 4 is 0 Å². The van der Waals surface area contributed by atoms with E-state index in [-0.39, 0.29) is 17.5 Å². The highest BCUT2D eigenvalue weighted by Gasteiger charge is 2.08. The third kappa shape index (κ3) is 3.45. The second-order valence-electron chi connectivity index (χ2n) is 4.69. The number of hydrogen-bond acceptors (Lipinski definition) is 4. The van der Waals surface area contributed by atoms with E-state index in [0.29, 0.717) is 6.54 Å². The number of hydrogen-bond donors (Lipinski definition) is 3. The Bertz CT molecular complexity index is 550. The molecule has 1 heterocycles. The number of benzene rings is 1. The van der Waals surface area contributed by atoms with Crippen LogP contribution in [0.5, 0.6) is 11.5 Å². The average molecular weight is 258 g/mol. The number of pyridine rings is 1. The fourth-order valence-corrected chi connectivity index (χ4v) is 1.93. The van der Waals surface area contributed by atoms with Crippen molar-refractivity contribution in [1.82, 2.24) is 10.3 Å². The largest absolute Gasteiger partial charge is 0.508 e. The zero-order chi connectivity index (χ0) is 13.8. The first-order valence-electron chi connectivity index (χ1n) is 6.22. The van der Waals surface area contributed by atoms with Crippen molar-refractivity contribution in [3.05, 3.63) is 53.3 Å². The van der Waals surface area contributed by atoms with E-state index in [1.807, 2.05) is 26.1 Å². The van der Waals surface area contributed by atoms with Crippen LogP contribution in [0.15, 0.2) is 36.7 Å². The van der Waals surface area contributed by atoms with Gasteiger partial charge in [-0.2, -0.15) is 0 Å². The van der Waals surface area contributed by atoms with Gasteiger partial charge in [-0.05, 0) is 48.7 Å². The number of phenolic OH excluding ortho intramolecular Hbond substituents is 2. The van der Waals surface area contributed by atoms with Gasteiger partial charge in [0.1, 0.15) is 11.5 Å². The predicted octanol–water partition coefficient (Wildman–Crippen LogP) is 2.65. The van der Waals surface area contributed by atoms with Crippen molar-refractivity contribution in [3.63, 3.8) is 0 Å². The minimum absolute atomic E-state index is 0.0256. The Hall–Kier alpha value is -2.07. The Labute approximate surface area is 112 Å². The number of phenols is 2. The first kappa shape index (κ1) is 13.4. The van der Waals surface area contributed by atoms with Crippen LogP contribution in [-0.4, -0.2) is 15.2 Å². The van der Waals surface area contributed by atoms with Crippen LogP contribution in [0, 0.1) is 6.92 Å². The maximum absolute atomic E-state index is 9.47. The monoisotopic (exact) mass is 258 g/mol. The molecule has 19 heavy (non-hydrogen) atoms. The van der Waals surface area contributed by atoms with Gasteiger partial charge in [-0.3, -0.25) is 4.98 Å². The summed E-state index contributed by atoms with van der Waals surface area (Å²) >= 11 is 0. The van der Waals surface area contributed by atoms with Gasteiger partial charge in [0.2, 0.25) is 0 Å². The average Bonchev–Trinajstić information content (AvgIpc) is 2.36.